The summed E-state index contributed by atoms with van der Waals surface area (Å²) < 4.78 is 0. The van der Waals surface area contributed by atoms with E-state index in [-0.39, 0.29) is 0 Å². The van der Waals surface area contributed by atoms with Gasteiger partial charge in [-0.3, -0.25) is 4.79 Å². The summed E-state index contributed by atoms with van der Waals surface area (Å²) >= 11 is 0. The lowest BCUT2D eigenvalue weighted by Crippen LogP contribution is -2.08. The first-order chi connectivity index (χ1) is 5.61. The van der Waals surface area contributed by atoms with E-state index in [4.69, 9.17) is 5.73 Å². The Labute approximate surface area is 73.3 Å². The van der Waals surface area contributed by atoms with Crippen LogP contribution in [0.15, 0.2) is 22.9 Å². The fourth-order valence-electron chi connectivity index (χ4n) is 0.744. The Morgan fingerprint density at radius 3 is 2.42 bits per heavy atom. The van der Waals surface area contributed by atoms with Gasteiger partial charge in [-0.2, -0.15) is 0 Å². The smallest absolute Gasteiger partial charge is 0.211 e. The van der Waals surface area contributed by atoms with Gasteiger partial charge in [0.2, 0.25) is 6.41 Å². The van der Waals surface area contributed by atoms with Crippen molar-refractivity contribution in [2.75, 3.05) is 6.54 Å². The van der Waals surface area contributed by atoms with Crippen molar-refractivity contribution < 1.29 is 4.79 Å². The van der Waals surface area contributed by atoms with Gasteiger partial charge >= 0.3 is 0 Å². The van der Waals surface area contributed by atoms with Crippen LogP contribution in [0.25, 0.3) is 0 Å². The van der Waals surface area contributed by atoms with Gasteiger partial charge in [-0.05, 0) is 32.4 Å². The Morgan fingerprint density at radius 2 is 2.00 bits per heavy atom. The molecule has 0 atom stereocenters. The molecule has 0 aliphatic heterocycles. The van der Waals surface area contributed by atoms with Crippen LogP contribution in [0.4, 0.5) is 0 Å². The van der Waals surface area contributed by atoms with E-state index in [1.54, 1.807) is 0 Å². The zero-order valence-corrected chi connectivity index (χ0v) is 7.85. The Hall–Kier alpha value is -1.09. The number of carbonyl (C=O) groups excluding carboxylic acids is 1. The molecule has 0 saturated carbocycles. The standard InChI is InChI=1S/C9H16N2O/c1-7(8(2)5-10)4-9(3)11-6-12/h4,6H,5,10H2,1-3H3,(H,11,12). The monoisotopic (exact) mass is 168 g/mol. The second-order valence-corrected chi connectivity index (χ2v) is 2.76. The lowest BCUT2D eigenvalue weighted by atomic mass is 10.1. The molecule has 0 heterocycles. The van der Waals surface area contributed by atoms with Crippen LogP contribution < -0.4 is 11.1 Å². The molecule has 0 rings (SSSR count). The summed E-state index contributed by atoms with van der Waals surface area (Å²) in [6.07, 6.45) is 2.56. The van der Waals surface area contributed by atoms with Crippen molar-refractivity contribution in [3.05, 3.63) is 22.9 Å². The van der Waals surface area contributed by atoms with E-state index in [0.717, 1.165) is 16.8 Å². The summed E-state index contributed by atoms with van der Waals surface area (Å²) in [7, 11) is 0. The summed E-state index contributed by atoms with van der Waals surface area (Å²) in [6, 6.07) is 0. The van der Waals surface area contributed by atoms with E-state index < -0.39 is 0 Å². The lowest BCUT2D eigenvalue weighted by molar-refractivity contribution is -0.108. The number of allylic oxidation sites excluding steroid dienone is 3. The SMILES string of the molecule is CC(=CC(C)=C(C)CN)NC=O. The van der Waals surface area contributed by atoms with Gasteiger partial charge < -0.3 is 11.1 Å². The molecule has 0 bridgehead atoms. The molecule has 0 aromatic heterocycles. The van der Waals surface area contributed by atoms with Crippen LogP contribution in [0.5, 0.6) is 0 Å². The van der Waals surface area contributed by atoms with Crippen LogP contribution in [0, 0.1) is 0 Å². The van der Waals surface area contributed by atoms with Crippen LogP contribution in [0.3, 0.4) is 0 Å². The number of nitrogens with two attached hydrogens (primary N) is 1. The Morgan fingerprint density at radius 1 is 1.42 bits per heavy atom. The van der Waals surface area contributed by atoms with Crippen molar-refractivity contribution in [2.24, 2.45) is 5.73 Å². The largest absolute Gasteiger partial charge is 0.333 e. The molecule has 12 heavy (non-hydrogen) atoms. The van der Waals surface area contributed by atoms with Crippen molar-refractivity contribution in [1.29, 1.82) is 0 Å². The van der Waals surface area contributed by atoms with Crippen LogP contribution in [-0.2, 0) is 4.79 Å². The average Bonchev–Trinajstić information content (AvgIpc) is 2.03. The van der Waals surface area contributed by atoms with E-state index in [1.807, 2.05) is 26.8 Å². The first-order valence-electron chi connectivity index (χ1n) is 3.86. The molecule has 3 N–H and O–H groups in total. The molecule has 0 aromatic rings. The highest BCUT2D eigenvalue weighted by Gasteiger charge is 1.92. The maximum Gasteiger partial charge on any atom is 0.211 e. The van der Waals surface area contributed by atoms with Gasteiger partial charge in [0, 0.05) is 12.2 Å². The van der Waals surface area contributed by atoms with E-state index in [2.05, 4.69) is 5.32 Å². The predicted octanol–water partition coefficient (Wildman–Crippen LogP) is 0.931. The molecule has 1 amide bonds. The van der Waals surface area contributed by atoms with Crippen LogP contribution in [-0.4, -0.2) is 13.0 Å². The Balaban J connectivity index is 4.40. The Bertz CT molecular complexity index is 217. The quantitative estimate of drug-likeness (QED) is 0.484. The molecular weight excluding hydrogens is 152 g/mol. The van der Waals surface area contributed by atoms with Gasteiger partial charge in [0.1, 0.15) is 0 Å². The van der Waals surface area contributed by atoms with Crippen molar-refractivity contribution in [1.82, 2.24) is 5.32 Å². The van der Waals surface area contributed by atoms with Gasteiger partial charge in [0.05, 0.1) is 0 Å². The molecule has 0 fully saturated rings. The minimum Gasteiger partial charge on any atom is -0.333 e. The van der Waals surface area contributed by atoms with Crippen molar-refractivity contribution >= 4 is 6.41 Å². The second kappa shape index (κ2) is 5.55. The zero-order valence-electron chi connectivity index (χ0n) is 7.85. The molecular formula is C9H16N2O. The van der Waals surface area contributed by atoms with Gasteiger partial charge in [0.15, 0.2) is 0 Å². The third kappa shape index (κ3) is 3.93. The third-order valence-electron chi connectivity index (χ3n) is 1.70. The van der Waals surface area contributed by atoms with Gasteiger partial charge in [-0.1, -0.05) is 5.57 Å². The van der Waals surface area contributed by atoms with Gasteiger partial charge in [0.25, 0.3) is 0 Å². The summed E-state index contributed by atoms with van der Waals surface area (Å²) in [5.74, 6) is 0. The van der Waals surface area contributed by atoms with Gasteiger partial charge in [-0.15, -0.1) is 0 Å². The molecule has 0 radical (unpaired) electrons. The van der Waals surface area contributed by atoms with E-state index >= 15 is 0 Å². The average molecular weight is 168 g/mol. The summed E-state index contributed by atoms with van der Waals surface area (Å²) in [5, 5.41) is 2.56. The normalized spacial score (nSPS) is 13.8. The lowest BCUT2D eigenvalue weighted by Gasteiger charge is -2.02. The first-order valence-corrected chi connectivity index (χ1v) is 3.86. The highest BCUT2D eigenvalue weighted by molar-refractivity contribution is 5.50. The third-order valence-corrected chi connectivity index (χ3v) is 1.70. The van der Waals surface area contributed by atoms with Crippen molar-refractivity contribution in [2.45, 2.75) is 20.8 Å². The molecule has 3 heteroatoms. The van der Waals surface area contributed by atoms with E-state index in [1.165, 1.54) is 0 Å². The maximum absolute atomic E-state index is 10.0. The fraction of sp³-hybridized carbons (Fsp3) is 0.444. The highest BCUT2D eigenvalue weighted by atomic mass is 16.1. The molecule has 0 aromatic carbocycles. The van der Waals surface area contributed by atoms with Crippen LogP contribution in [0.1, 0.15) is 20.8 Å². The number of hydrogen-bond acceptors (Lipinski definition) is 2. The number of carbonyl (C=O) groups is 1. The highest BCUT2D eigenvalue weighted by Crippen LogP contribution is 2.04. The number of amides is 1. The summed E-state index contributed by atoms with van der Waals surface area (Å²) in [4.78, 5) is 10.0. The summed E-state index contributed by atoms with van der Waals surface area (Å²) in [5.41, 5.74) is 8.50. The molecule has 0 spiro atoms. The second-order valence-electron chi connectivity index (χ2n) is 2.76. The van der Waals surface area contributed by atoms with E-state index in [9.17, 15) is 4.79 Å². The molecule has 0 saturated heterocycles. The van der Waals surface area contributed by atoms with E-state index in [0.29, 0.717) is 13.0 Å². The summed E-state index contributed by atoms with van der Waals surface area (Å²) in [6.45, 7) is 6.33. The minimum absolute atomic E-state index is 0.552. The Kier molecular flexibility index (Phi) is 5.04. The first kappa shape index (κ1) is 10.9. The van der Waals surface area contributed by atoms with Crippen LogP contribution in [0.2, 0.25) is 0 Å². The molecule has 0 aliphatic carbocycles. The van der Waals surface area contributed by atoms with Gasteiger partial charge in [-0.25, -0.2) is 0 Å². The number of nitrogens with one attached hydrogen (secondary N) is 1. The topological polar surface area (TPSA) is 55.1 Å². The van der Waals surface area contributed by atoms with Crippen LogP contribution >= 0.6 is 0 Å². The molecule has 0 aliphatic rings. The molecule has 68 valence electrons. The molecule has 0 unspecified atom stereocenters. The minimum atomic E-state index is 0.552. The predicted molar refractivity (Wildman–Crippen MR) is 50.4 cm³/mol. The number of hydrogen-bond donors (Lipinski definition) is 2. The number of rotatable bonds is 4. The zero-order chi connectivity index (χ0) is 9.56. The molecule has 3 nitrogen and oxygen atoms in total. The van der Waals surface area contributed by atoms with Crippen molar-refractivity contribution in [3.8, 4) is 0 Å². The maximum atomic E-state index is 10.0. The van der Waals surface area contributed by atoms with Crippen molar-refractivity contribution in [3.63, 3.8) is 0 Å². The fourth-order valence-corrected chi connectivity index (χ4v) is 0.744.